The Labute approximate surface area is 83.7 Å². The molecule has 0 aliphatic heterocycles. The highest BCUT2D eigenvalue weighted by Crippen LogP contribution is 2.45. The topological polar surface area (TPSA) is 46.2 Å². The predicted molar refractivity (Wildman–Crippen MR) is 50.9 cm³/mol. The first-order valence-electron chi connectivity index (χ1n) is 4.00. The van der Waals surface area contributed by atoms with Crippen molar-refractivity contribution in [3.05, 3.63) is 28.0 Å². The van der Waals surface area contributed by atoms with Gasteiger partial charge in [0.15, 0.2) is 0 Å². The van der Waals surface area contributed by atoms with Crippen molar-refractivity contribution in [2.24, 2.45) is 5.73 Å². The Morgan fingerprint density at radius 3 is 2.62 bits per heavy atom. The van der Waals surface area contributed by atoms with E-state index >= 15 is 0 Å². The second-order valence-corrected chi connectivity index (χ2v) is 4.29. The molecule has 1 aliphatic rings. The number of phenolic OH excluding ortho intramolecular Hbond substituents is 1. The van der Waals surface area contributed by atoms with Crippen LogP contribution in [0.3, 0.4) is 0 Å². The minimum atomic E-state index is -0.500. The van der Waals surface area contributed by atoms with E-state index in [0.29, 0.717) is 10.0 Å². The van der Waals surface area contributed by atoms with E-state index in [0.717, 1.165) is 18.9 Å². The molecular weight excluding hydrogens is 237 g/mol. The number of hydrogen-bond acceptors (Lipinski definition) is 2. The SMILES string of the molecule is NC1(c2cc(Br)c(O)cc2F)CC1. The molecule has 13 heavy (non-hydrogen) atoms. The van der Waals surface area contributed by atoms with E-state index in [2.05, 4.69) is 15.9 Å². The zero-order valence-electron chi connectivity index (χ0n) is 6.85. The Morgan fingerprint density at radius 2 is 2.08 bits per heavy atom. The Morgan fingerprint density at radius 1 is 1.46 bits per heavy atom. The molecule has 70 valence electrons. The second kappa shape index (κ2) is 2.69. The summed E-state index contributed by atoms with van der Waals surface area (Å²) in [7, 11) is 0. The van der Waals surface area contributed by atoms with Gasteiger partial charge in [-0.25, -0.2) is 4.39 Å². The van der Waals surface area contributed by atoms with E-state index in [1.807, 2.05) is 0 Å². The van der Waals surface area contributed by atoms with Crippen molar-refractivity contribution in [2.75, 3.05) is 0 Å². The summed E-state index contributed by atoms with van der Waals surface area (Å²) in [6, 6.07) is 2.64. The minimum Gasteiger partial charge on any atom is -0.507 e. The molecule has 1 fully saturated rings. The number of rotatable bonds is 1. The Kier molecular flexibility index (Phi) is 1.85. The molecule has 0 bridgehead atoms. The first-order chi connectivity index (χ1) is 6.03. The van der Waals surface area contributed by atoms with Crippen molar-refractivity contribution < 1.29 is 9.50 Å². The first-order valence-corrected chi connectivity index (χ1v) is 4.80. The van der Waals surface area contributed by atoms with Gasteiger partial charge in [-0.2, -0.15) is 0 Å². The molecule has 0 aromatic heterocycles. The smallest absolute Gasteiger partial charge is 0.132 e. The van der Waals surface area contributed by atoms with Crippen molar-refractivity contribution in [1.82, 2.24) is 0 Å². The number of halogens is 2. The fraction of sp³-hybridized carbons (Fsp3) is 0.333. The molecule has 0 radical (unpaired) electrons. The summed E-state index contributed by atoms with van der Waals surface area (Å²) in [5.41, 5.74) is 5.83. The van der Waals surface area contributed by atoms with Crippen LogP contribution in [0.15, 0.2) is 16.6 Å². The highest BCUT2D eigenvalue weighted by molar-refractivity contribution is 9.10. The van der Waals surface area contributed by atoms with Gasteiger partial charge in [-0.15, -0.1) is 0 Å². The van der Waals surface area contributed by atoms with E-state index in [9.17, 15) is 9.50 Å². The summed E-state index contributed by atoms with van der Waals surface area (Å²) in [6.07, 6.45) is 1.61. The van der Waals surface area contributed by atoms with Gasteiger partial charge in [0, 0.05) is 17.2 Å². The van der Waals surface area contributed by atoms with Crippen LogP contribution in [0.2, 0.25) is 0 Å². The lowest BCUT2D eigenvalue weighted by Crippen LogP contribution is -2.20. The summed E-state index contributed by atoms with van der Waals surface area (Å²) in [6.45, 7) is 0. The predicted octanol–water partition coefficient (Wildman–Crippen LogP) is 2.24. The van der Waals surface area contributed by atoms with Crippen molar-refractivity contribution in [3.63, 3.8) is 0 Å². The number of benzene rings is 1. The Hall–Kier alpha value is -0.610. The number of aromatic hydroxyl groups is 1. The van der Waals surface area contributed by atoms with E-state index in [1.54, 1.807) is 6.07 Å². The van der Waals surface area contributed by atoms with Gasteiger partial charge in [0.05, 0.1) is 4.47 Å². The van der Waals surface area contributed by atoms with E-state index in [-0.39, 0.29) is 5.75 Å². The van der Waals surface area contributed by atoms with Gasteiger partial charge in [0.25, 0.3) is 0 Å². The van der Waals surface area contributed by atoms with E-state index in [4.69, 9.17) is 5.73 Å². The van der Waals surface area contributed by atoms with E-state index < -0.39 is 11.4 Å². The standard InChI is InChI=1S/C9H9BrFNO/c10-6-3-5(9(12)1-2-9)7(11)4-8(6)13/h3-4,13H,1-2,12H2. The molecule has 1 aromatic rings. The summed E-state index contributed by atoms with van der Waals surface area (Å²) in [4.78, 5) is 0. The monoisotopic (exact) mass is 245 g/mol. The maximum atomic E-state index is 13.3. The van der Waals surface area contributed by atoms with Gasteiger partial charge in [-0.3, -0.25) is 0 Å². The lowest BCUT2D eigenvalue weighted by atomic mass is 10.1. The summed E-state index contributed by atoms with van der Waals surface area (Å²) >= 11 is 3.13. The molecule has 2 nitrogen and oxygen atoms in total. The van der Waals surface area contributed by atoms with Crippen LogP contribution in [0.5, 0.6) is 5.75 Å². The highest BCUT2D eigenvalue weighted by atomic mass is 79.9. The second-order valence-electron chi connectivity index (χ2n) is 3.44. The van der Waals surface area contributed by atoms with Crippen LogP contribution in [-0.4, -0.2) is 5.11 Å². The third-order valence-electron chi connectivity index (χ3n) is 2.36. The molecule has 2 rings (SSSR count). The van der Waals surface area contributed by atoms with Crippen LogP contribution in [0.4, 0.5) is 4.39 Å². The normalized spacial score (nSPS) is 18.7. The largest absolute Gasteiger partial charge is 0.507 e. The zero-order chi connectivity index (χ0) is 9.64. The van der Waals surface area contributed by atoms with Gasteiger partial charge in [-0.05, 0) is 34.8 Å². The lowest BCUT2D eigenvalue weighted by molar-refractivity contribution is 0.462. The minimum absolute atomic E-state index is 0.0921. The lowest BCUT2D eigenvalue weighted by Gasteiger charge is -2.11. The van der Waals surface area contributed by atoms with E-state index in [1.165, 1.54) is 0 Å². The Bertz CT molecular complexity index is 363. The maximum absolute atomic E-state index is 13.3. The van der Waals surface area contributed by atoms with Crippen molar-refractivity contribution >= 4 is 15.9 Å². The number of nitrogens with two attached hydrogens (primary N) is 1. The molecule has 4 heteroatoms. The van der Waals surface area contributed by atoms with Crippen molar-refractivity contribution in [1.29, 1.82) is 0 Å². The molecule has 3 N–H and O–H groups in total. The van der Waals surface area contributed by atoms with Gasteiger partial charge >= 0.3 is 0 Å². The van der Waals surface area contributed by atoms with Gasteiger partial charge < -0.3 is 10.8 Å². The van der Waals surface area contributed by atoms with Crippen LogP contribution >= 0.6 is 15.9 Å². The fourth-order valence-electron chi connectivity index (χ4n) is 1.32. The molecule has 0 atom stereocenters. The van der Waals surface area contributed by atoms with Gasteiger partial charge in [0.1, 0.15) is 11.6 Å². The van der Waals surface area contributed by atoms with Crippen LogP contribution in [0.25, 0.3) is 0 Å². The average molecular weight is 246 g/mol. The van der Waals surface area contributed by atoms with Crippen LogP contribution in [-0.2, 0) is 5.54 Å². The van der Waals surface area contributed by atoms with Gasteiger partial charge in [0.2, 0.25) is 0 Å². The highest BCUT2D eigenvalue weighted by Gasteiger charge is 2.42. The number of phenols is 1. The van der Waals surface area contributed by atoms with Crippen molar-refractivity contribution in [2.45, 2.75) is 18.4 Å². The average Bonchev–Trinajstić information content (AvgIpc) is 2.77. The molecule has 1 aromatic carbocycles. The number of hydrogen-bond donors (Lipinski definition) is 2. The molecule has 0 spiro atoms. The quantitative estimate of drug-likeness (QED) is 0.798. The zero-order valence-corrected chi connectivity index (χ0v) is 8.44. The third-order valence-corrected chi connectivity index (χ3v) is 3.00. The molecular formula is C9H9BrFNO. The maximum Gasteiger partial charge on any atom is 0.132 e. The van der Waals surface area contributed by atoms with Crippen LogP contribution in [0.1, 0.15) is 18.4 Å². The van der Waals surface area contributed by atoms with Crippen LogP contribution < -0.4 is 5.73 Å². The molecule has 0 unspecified atom stereocenters. The first kappa shape index (κ1) is 8.97. The summed E-state index contributed by atoms with van der Waals surface area (Å²) < 4.78 is 13.8. The fourth-order valence-corrected chi connectivity index (χ4v) is 1.67. The molecule has 0 amide bonds. The van der Waals surface area contributed by atoms with Crippen LogP contribution in [0, 0.1) is 5.82 Å². The third kappa shape index (κ3) is 1.44. The Balaban J connectivity index is 2.52. The molecule has 1 aliphatic carbocycles. The summed E-state index contributed by atoms with van der Waals surface area (Å²) in [5.74, 6) is -0.522. The summed E-state index contributed by atoms with van der Waals surface area (Å²) in [5, 5.41) is 9.18. The van der Waals surface area contributed by atoms with Crippen molar-refractivity contribution in [3.8, 4) is 5.75 Å². The molecule has 0 saturated heterocycles. The van der Waals surface area contributed by atoms with Gasteiger partial charge in [-0.1, -0.05) is 0 Å². The molecule has 0 heterocycles. The molecule has 1 saturated carbocycles.